The van der Waals surface area contributed by atoms with E-state index in [2.05, 4.69) is 0 Å². The maximum Gasteiger partial charge on any atom is 0.204 e. The van der Waals surface area contributed by atoms with Crippen LogP contribution in [0.1, 0.15) is 0 Å². The second-order valence-corrected chi connectivity index (χ2v) is 1.80. The van der Waals surface area contributed by atoms with Crippen molar-refractivity contribution in [1.29, 1.82) is 0 Å². The van der Waals surface area contributed by atoms with E-state index in [1.165, 1.54) is 0 Å². The van der Waals surface area contributed by atoms with E-state index in [0.717, 1.165) is 12.1 Å². The summed E-state index contributed by atoms with van der Waals surface area (Å²) in [7, 11) is 0. The van der Waals surface area contributed by atoms with Crippen LogP contribution in [0, 0.1) is 0 Å². The molecule has 0 aliphatic carbocycles. The van der Waals surface area contributed by atoms with Gasteiger partial charge in [-0.1, -0.05) is 0 Å². The van der Waals surface area contributed by atoms with Crippen LogP contribution in [0.4, 0.5) is 0 Å². The molecule has 62 valence electrons. The van der Waals surface area contributed by atoms with Crippen LogP contribution in [-0.4, -0.2) is 20.4 Å². The van der Waals surface area contributed by atoms with Gasteiger partial charge in [-0.25, -0.2) is 0 Å². The highest BCUT2D eigenvalue weighted by atomic mass is 35.5. The van der Waals surface area contributed by atoms with Gasteiger partial charge in [0.05, 0.1) is 0 Å². The van der Waals surface area contributed by atoms with E-state index in [9.17, 15) is 0 Å². The van der Waals surface area contributed by atoms with E-state index in [-0.39, 0.29) is 12.4 Å². The normalized spacial score (nSPS) is 8.73. The Morgan fingerprint density at radius 1 is 0.727 bits per heavy atom. The Balaban J connectivity index is 0.000001000. The zero-order valence-electron chi connectivity index (χ0n) is 5.35. The van der Waals surface area contributed by atoms with Crippen LogP contribution in [-0.2, 0) is 0 Å². The molecule has 0 spiro atoms. The summed E-state index contributed by atoms with van der Waals surface area (Å²) in [4.78, 5) is 0. The summed E-state index contributed by atoms with van der Waals surface area (Å²) < 4.78 is 0. The molecule has 0 atom stereocenters. The lowest BCUT2D eigenvalue weighted by Crippen LogP contribution is -1.71. The third kappa shape index (κ3) is 1.59. The van der Waals surface area contributed by atoms with E-state index in [0.29, 0.717) is 0 Å². The maximum atomic E-state index is 8.73. The molecule has 4 N–H and O–H groups in total. The quantitative estimate of drug-likeness (QED) is 0.352. The smallest absolute Gasteiger partial charge is 0.204 e. The summed E-state index contributed by atoms with van der Waals surface area (Å²) in [5.41, 5.74) is 0. The number of halogens is 1. The number of benzene rings is 1. The van der Waals surface area contributed by atoms with Crippen LogP contribution >= 0.6 is 12.4 Å². The molecule has 5 heteroatoms. The first kappa shape index (κ1) is 9.71. The van der Waals surface area contributed by atoms with Crippen LogP contribution in [0.3, 0.4) is 0 Å². The molecule has 0 amide bonds. The summed E-state index contributed by atoms with van der Waals surface area (Å²) in [5, 5.41) is 34.9. The predicted molar refractivity (Wildman–Crippen MR) is 40.3 cm³/mol. The lowest BCUT2D eigenvalue weighted by Gasteiger charge is -2.00. The molecule has 0 aromatic heterocycles. The molecule has 0 saturated carbocycles. The second-order valence-electron chi connectivity index (χ2n) is 1.80. The molecule has 0 bridgehead atoms. The summed E-state index contributed by atoms with van der Waals surface area (Å²) in [6, 6.07) is 2.15. The number of aromatic hydroxyl groups is 4. The van der Waals surface area contributed by atoms with Gasteiger partial charge in [-0.05, 0) is 12.1 Å². The number of phenols is 4. The SMILES string of the molecule is Cl.Oc1ccc(O)c(O)c1O. The van der Waals surface area contributed by atoms with Crippen molar-refractivity contribution < 1.29 is 20.4 Å². The van der Waals surface area contributed by atoms with Crippen molar-refractivity contribution in [3.63, 3.8) is 0 Å². The van der Waals surface area contributed by atoms with Crippen molar-refractivity contribution in [2.75, 3.05) is 0 Å². The van der Waals surface area contributed by atoms with Gasteiger partial charge in [0.2, 0.25) is 11.5 Å². The average molecular weight is 179 g/mol. The van der Waals surface area contributed by atoms with E-state index >= 15 is 0 Å². The first-order valence-electron chi connectivity index (χ1n) is 2.56. The monoisotopic (exact) mass is 178 g/mol. The van der Waals surface area contributed by atoms with E-state index in [1.54, 1.807) is 0 Å². The van der Waals surface area contributed by atoms with Crippen molar-refractivity contribution in [3.8, 4) is 23.0 Å². The minimum Gasteiger partial charge on any atom is -0.504 e. The molecule has 0 aliphatic rings. The molecule has 0 unspecified atom stereocenters. The fraction of sp³-hybridized carbons (Fsp3) is 0. The van der Waals surface area contributed by atoms with Crippen molar-refractivity contribution in [1.82, 2.24) is 0 Å². The average Bonchev–Trinajstić information content (AvgIpc) is 1.93. The molecule has 11 heavy (non-hydrogen) atoms. The first-order chi connectivity index (χ1) is 4.63. The molecular formula is C6H7ClO4. The van der Waals surface area contributed by atoms with E-state index < -0.39 is 23.0 Å². The van der Waals surface area contributed by atoms with Gasteiger partial charge in [0.15, 0.2) is 11.5 Å². The van der Waals surface area contributed by atoms with Crippen molar-refractivity contribution in [2.45, 2.75) is 0 Å². The molecule has 1 aromatic rings. The third-order valence-electron chi connectivity index (χ3n) is 1.11. The van der Waals surface area contributed by atoms with Gasteiger partial charge >= 0.3 is 0 Å². The second kappa shape index (κ2) is 3.21. The molecule has 0 saturated heterocycles. The van der Waals surface area contributed by atoms with E-state index in [4.69, 9.17) is 20.4 Å². The molecule has 4 nitrogen and oxygen atoms in total. The van der Waals surface area contributed by atoms with Gasteiger partial charge in [-0.15, -0.1) is 12.4 Å². The van der Waals surface area contributed by atoms with Gasteiger partial charge in [-0.2, -0.15) is 0 Å². The van der Waals surface area contributed by atoms with Crippen LogP contribution in [0.2, 0.25) is 0 Å². The predicted octanol–water partition coefficient (Wildman–Crippen LogP) is 0.931. The lowest BCUT2D eigenvalue weighted by molar-refractivity contribution is 0.346. The van der Waals surface area contributed by atoms with Gasteiger partial charge < -0.3 is 20.4 Å². The van der Waals surface area contributed by atoms with Gasteiger partial charge in [0, 0.05) is 0 Å². The summed E-state index contributed by atoms with van der Waals surface area (Å²) in [6.07, 6.45) is 0. The summed E-state index contributed by atoms with van der Waals surface area (Å²) in [6.45, 7) is 0. The fourth-order valence-electron chi connectivity index (χ4n) is 0.558. The maximum absolute atomic E-state index is 8.73. The highest BCUT2D eigenvalue weighted by molar-refractivity contribution is 5.85. The number of hydrogen-bond acceptors (Lipinski definition) is 4. The molecule has 1 rings (SSSR count). The Kier molecular flexibility index (Phi) is 2.83. The van der Waals surface area contributed by atoms with Crippen molar-refractivity contribution in [3.05, 3.63) is 12.1 Å². The van der Waals surface area contributed by atoms with Gasteiger partial charge in [0.25, 0.3) is 0 Å². The fourth-order valence-corrected chi connectivity index (χ4v) is 0.558. The molecule has 0 radical (unpaired) electrons. The van der Waals surface area contributed by atoms with Crippen LogP contribution in [0.15, 0.2) is 12.1 Å². The van der Waals surface area contributed by atoms with Crippen LogP contribution in [0.25, 0.3) is 0 Å². The molecule has 0 heterocycles. The topological polar surface area (TPSA) is 80.9 Å². The highest BCUT2D eigenvalue weighted by Gasteiger charge is 2.08. The molecule has 1 aromatic carbocycles. The minimum atomic E-state index is -0.708. The number of hydrogen-bond donors (Lipinski definition) is 4. The molecular weight excluding hydrogens is 172 g/mol. The largest absolute Gasteiger partial charge is 0.504 e. The molecule has 0 aliphatic heterocycles. The standard InChI is InChI=1S/C6H6O4.ClH/c7-3-1-2-4(8)6(10)5(3)9;/h1-2,7-10H;1H. The number of phenolic OH excluding ortho intramolecular Hbond substituents is 4. The summed E-state index contributed by atoms with van der Waals surface area (Å²) in [5.74, 6) is -2.34. The number of rotatable bonds is 0. The Morgan fingerprint density at radius 3 is 1.27 bits per heavy atom. The Morgan fingerprint density at radius 2 is 1.00 bits per heavy atom. The Bertz CT molecular complexity index is 234. The zero-order valence-corrected chi connectivity index (χ0v) is 6.17. The van der Waals surface area contributed by atoms with E-state index in [1.807, 2.05) is 0 Å². The minimum absolute atomic E-state index is 0. The Labute approximate surface area is 68.8 Å². The van der Waals surface area contributed by atoms with Crippen molar-refractivity contribution in [2.24, 2.45) is 0 Å². The van der Waals surface area contributed by atoms with Crippen LogP contribution in [0.5, 0.6) is 23.0 Å². The third-order valence-corrected chi connectivity index (χ3v) is 1.11. The van der Waals surface area contributed by atoms with Crippen LogP contribution < -0.4 is 0 Å². The molecule has 0 fully saturated rings. The van der Waals surface area contributed by atoms with Gasteiger partial charge in [0.1, 0.15) is 0 Å². The van der Waals surface area contributed by atoms with Gasteiger partial charge in [-0.3, -0.25) is 0 Å². The van der Waals surface area contributed by atoms with Crippen molar-refractivity contribution >= 4 is 12.4 Å². The Hall–Kier alpha value is -1.29. The lowest BCUT2D eigenvalue weighted by atomic mass is 10.3. The summed E-state index contributed by atoms with van der Waals surface area (Å²) >= 11 is 0. The highest BCUT2D eigenvalue weighted by Crippen LogP contribution is 2.40. The zero-order chi connectivity index (χ0) is 7.72. The first-order valence-corrected chi connectivity index (χ1v) is 2.56.